The Labute approximate surface area is 167 Å². The van der Waals surface area contributed by atoms with E-state index >= 15 is 0 Å². The van der Waals surface area contributed by atoms with Gasteiger partial charge in [-0.2, -0.15) is 0 Å². The zero-order chi connectivity index (χ0) is 19.5. The number of hydrogen-bond acceptors (Lipinski definition) is 4. The second kappa shape index (κ2) is 8.17. The molecule has 1 saturated heterocycles. The number of nitrogens with one attached hydrogen (secondary N) is 1. The highest BCUT2D eigenvalue weighted by Crippen LogP contribution is 2.17. The van der Waals surface area contributed by atoms with Crippen LogP contribution in [0.2, 0.25) is 5.02 Å². The highest BCUT2D eigenvalue weighted by atomic mass is 35.5. The molecule has 4 rings (SSSR count). The van der Waals surface area contributed by atoms with Crippen molar-refractivity contribution in [3.8, 4) is 0 Å². The topological polar surface area (TPSA) is 62.6 Å². The average Bonchev–Trinajstić information content (AvgIpc) is 2.70. The molecule has 0 saturated carbocycles. The maximum absolute atomic E-state index is 12.6. The van der Waals surface area contributed by atoms with Gasteiger partial charge in [0.1, 0.15) is 11.1 Å². The Morgan fingerprint density at radius 1 is 1.11 bits per heavy atom. The minimum Gasteiger partial charge on any atom is -0.422 e. The van der Waals surface area contributed by atoms with E-state index in [-0.39, 0.29) is 17.5 Å². The molecule has 1 N–H and O–H groups in total. The number of rotatable bonds is 4. The molecule has 144 valence electrons. The summed E-state index contributed by atoms with van der Waals surface area (Å²) >= 11 is 5.93. The third-order valence-electron chi connectivity index (χ3n) is 5.13. The van der Waals surface area contributed by atoms with E-state index in [2.05, 4.69) is 10.2 Å². The van der Waals surface area contributed by atoms with Crippen molar-refractivity contribution in [2.45, 2.75) is 25.4 Å². The summed E-state index contributed by atoms with van der Waals surface area (Å²) in [7, 11) is 0. The van der Waals surface area contributed by atoms with Crippen LogP contribution in [0.25, 0.3) is 11.0 Å². The molecule has 28 heavy (non-hydrogen) atoms. The summed E-state index contributed by atoms with van der Waals surface area (Å²) in [6, 6.07) is 16.7. The van der Waals surface area contributed by atoms with Crippen LogP contribution in [0.1, 0.15) is 28.8 Å². The molecule has 0 atom stereocenters. The van der Waals surface area contributed by atoms with Gasteiger partial charge in [0.15, 0.2) is 0 Å². The van der Waals surface area contributed by atoms with Crippen molar-refractivity contribution < 1.29 is 9.21 Å². The quantitative estimate of drug-likeness (QED) is 0.680. The smallest absolute Gasteiger partial charge is 0.349 e. The van der Waals surface area contributed by atoms with Crippen LogP contribution in [0.5, 0.6) is 0 Å². The first-order valence-electron chi connectivity index (χ1n) is 9.39. The molecule has 0 unspecified atom stereocenters. The summed E-state index contributed by atoms with van der Waals surface area (Å²) in [6.45, 7) is 2.64. The van der Waals surface area contributed by atoms with Crippen molar-refractivity contribution in [2.24, 2.45) is 0 Å². The Balaban J connectivity index is 1.35. The van der Waals surface area contributed by atoms with Crippen molar-refractivity contribution in [1.29, 1.82) is 0 Å². The maximum Gasteiger partial charge on any atom is 0.349 e. The van der Waals surface area contributed by atoms with Crippen LogP contribution in [0, 0.1) is 0 Å². The van der Waals surface area contributed by atoms with Crippen molar-refractivity contribution in [1.82, 2.24) is 10.2 Å². The lowest BCUT2D eigenvalue weighted by atomic mass is 10.0. The Morgan fingerprint density at radius 2 is 1.82 bits per heavy atom. The first-order valence-corrected chi connectivity index (χ1v) is 9.77. The molecule has 1 aliphatic rings. The van der Waals surface area contributed by atoms with E-state index in [9.17, 15) is 9.59 Å². The summed E-state index contributed by atoms with van der Waals surface area (Å²) in [5.74, 6) is -0.365. The van der Waals surface area contributed by atoms with E-state index in [1.807, 2.05) is 36.4 Å². The molecule has 2 aromatic carbocycles. The number of piperidine rings is 1. The normalized spacial score (nSPS) is 15.6. The van der Waals surface area contributed by atoms with Crippen molar-refractivity contribution in [2.75, 3.05) is 13.1 Å². The molecule has 1 aromatic heterocycles. The lowest BCUT2D eigenvalue weighted by Gasteiger charge is -2.32. The van der Waals surface area contributed by atoms with Gasteiger partial charge in [0.05, 0.1) is 0 Å². The Bertz CT molecular complexity index is 1040. The molecule has 5 nitrogen and oxygen atoms in total. The van der Waals surface area contributed by atoms with Gasteiger partial charge in [0, 0.05) is 36.1 Å². The predicted molar refractivity (Wildman–Crippen MR) is 110 cm³/mol. The number of hydrogen-bond donors (Lipinski definition) is 1. The third kappa shape index (κ3) is 4.26. The largest absolute Gasteiger partial charge is 0.422 e. The van der Waals surface area contributed by atoms with Gasteiger partial charge in [-0.05, 0) is 42.7 Å². The Morgan fingerprint density at radius 3 is 2.57 bits per heavy atom. The molecular formula is C22H21ClN2O3. The van der Waals surface area contributed by atoms with E-state index in [0.29, 0.717) is 5.58 Å². The monoisotopic (exact) mass is 396 g/mol. The zero-order valence-electron chi connectivity index (χ0n) is 15.4. The maximum atomic E-state index is 12.6. The summed E-state index contributed by atoms with van der Waals surface area (Å²) in [5, 5.41) is 4.47. The first-order chi connectivity index (χ1) is 13.6. The standard InChI is InChI=1S/C22H21ClN2O3/c23-17-7-5-15(6-8-17)14-25-11-9-18(10-12-25)24-21(26)19-13-16-3-1-2-4-20(16)28-22(19)27/h1-8,13,18H,9-12,14H2,(H,24,26). The van der Waals surface area contributed by atoms with Gasteiger partial charge in [-0.15, -0.1) is 0 Å². The zero-order valence-corrected chi connectivity index (χ0v) is 16.1. The van der Waals surface area contributed by atoms with Crippen LogP contribution < -0.4 is 10.9 Å². The van der Waals surface area contributed by atoms with Crippen LogP contribution >= 0.6 is 11.6 Å². The van der Waals surface area contributed by atoms with Gasteiger partial charge in [0.2, 0.25) is 0 Å². The van der Waals surface area contributed by atoms with Gasteiger partial charge < -0.3 is 9.73 Å². The lowest BCUT2D eigenvalue weighted by Crippen LogP contribution is -2.45. The fourth-order valence-corrected chi connectivity index (χ4v) is 3.69. The second-order valence-electron chi connectivity index (χ2n) is 7.14. The molecule has 6 heteroatoms. The number of carbonyl (C=O) groups excluding carboxylic acids is 1. The number of likely N-dealkylation sites (tertiary alicyclic amines) is 1. The Hall–Kier alpha value is -2.63. The number of nitrogens with zero attached hydrogens (tertiary/aromatic N) is 1. The number of fused-ring (bicyclic) bond motifs is 1. The molecule has 0 bridgehead atoms. The van der Waals surface area contributed by atoms with E-state index in [1.54, 1.807) is 18.2 Å². The van der Waals surface area contributed by atoms with Crippen LogP contribution in [0.15, 0.2) is 63.8 Å². The SMILES string of the molecule is O=C(NC1CCN(Cc2ccc(Cl)cc2)CC1)c1cc2ccccc2oc1=O. The van der Waals surface area contributed by atoms with E-state index in [4.69, 9.17) is 16.0 Å². The van der Waals surface area contributed by atoms with Gasteiger partial charge >= 0.3 is 5.63 Å². The van der Waals surface area contributed by atoms with Gasteiger partial charge in [-0.1, -0.05) is 41.9 Å². The summed E-state index contributed by atoms with van der Waals surface area (Å²) in [5.41, 5.74) is 1.17. The molecule has 1 aliphatic heterocycles. The average molecular weight is 397 g/mol. The number of carbonyl (C=O) groups is 1. The molecule has 3 aromatic rings. The molecule has 0 aliphatic carbocycles. The van der Waals surface area contributed by atoms with Crippen LogP contribution in [0.3, 0.4) is 0 Å². The third-order valence-corrected chi connectivity index (χ3v) is 5.38. The molecule has 2 heterocycles. The molecule has 0 spiro atoms. The molecule has 1 fully saturated rings. The first kappa shape index (κ1) is 18.7. The van der Waals surface area contributed by atoms with Crippen LogP contribution in [0.4, 0.5) is 0 Å². The number of halogens is 1. The van der Waals surface area contributed by atoms with Gasteiger partial charge in [-0.3, -0.25) is 9.69 Å². The minimum absolute atomic E-state index is 0.0554. The lowest BCUT2D eigenvalue weighted by molar-refractivity contribution is 0.0905. The van der Waals surface area contributed by atoms with E-state index in [1.165, 1.54) is 5.56 Å². The number of benzene rings is 2. The molecular weight excluding hydrogens is 376 g/mol. The highest BCUT2D eigenvalue weighted by Gasteiger charge is 2.23. The predicted octanol–water partition coefficient (Wildman–Crippen LogP) is 3.84. The second-order valence-corrected chi connectivity index (χ2v) is 7.57. The van der Waals surface area contributed by atoms with E-state index in [0.717, 1.165) is 42.9 Å². The van der Waals surface area contributed by atoms with Crippen molar-refractivity contribution in [3.63, 3.8) is 0 Å². The highest BCUT2D eigenvalue weighted by molar-refractivity contribution is 6.30. The van der Waals surface area contributed by atoms with Gasteiger partial charge in [0.25, 0.3) is 5.91 Å². The van der Waals surface area contributed by atoms with Gasteiger partial charge in [-0.25, -0.2) is 4.79 Å². The van der Waals surface area contributed by atoms with Crippen LogP contribution in [-0.4, -0.2) is 29.9 Å². The molecule has 1 amide bonds. The van der Waals surface area contributed by atoms with Crippen molar-refractivity contribution >= 4 is 28.5 Å². The Kier molecular flexibility index (Phi) is 5.46. The van der Waals surface area contributed by atoms with Crippen LogP contribution in [-0.2, 0) is 6.54 Å². The summed E-state index contributed by atoms with van der Waals surface area (Å²) < 4.78 is 5.26. The summed E-state index contributed by atoms with van der Waals surface area (Å²) in [4.78, 5) is 27.1. The fraction of sp³-hybridized carbons (Fsp3) is 0.273. The number of para-hydroxylation sites is 1. The molecule has 0 radical (unpaired) electrons. The minimum atomic E-state index is -0.601. The van der Waals surface area contributed by atoms with Crippen molar-refractivity contribution in [3.05, 3.63) is 81.2 Å². The fourth-order valence-electron chi connectivity index (χ4n) is 3.57. The van der Waals surface area contributed by atoms with E-state index < -0.39 is 5.63 Å². The number of amides is 1. The summed E-state index contributed by atoms with van der Waals surface area (Å²) in [6.07, 6.45) is 1.69.